The molecule has 4 aromatic rings. The summed E-state index contributed by atoms with van der Waals surface area (Å²) < 4.78 is 15.4. The van der Waals surface area contributed by atoms with Crippen molar-refractivity contribution in [2.75, 3.05) is 14.2 Å². The van der Waals surface area contributed by atoms with Gasteiger partial charge in [0.15, 0.2) is 4.80 Å². The molecule has 7 heteroatoms. The lowest BCUT2D eigenvalue weighted by atomic mass is 10.1. The van der Waals surface area contributed by atoms with E-state index in [1.807, 2.05) is 67.3 Å². The fourth-order valence-corrected chi connectivity index (χ4v) is 4.25. The number of aryl methyl sites for hydroxylation is 1. The Morgan fingerprint density at radius 2 is 1.90 bits per heavy atom. The van der Waals surface area contributed by atoms with E-state index in [1.54, 1.807) is 25.6 Å². The van der Waals surface area contributed by atoms with Crippen molar-refractivity contribution in [1.29, 1.82) is 0 Å². The number of para-hydroxylation sites is 1. The average molecular weight is 421 g/mol. The lowest BCUT2D eigenvalue weighted by Gasteiger charge is -2.13. The largest absolute Gasteiger partial charge is 0.497 e. The van der Waals surface area contributed by atoms with Crippen molar-refractivity contribution >= 4 is 17.0 Å². The number of aromatic nitrogens is 3. The number of benzene rings is 2. The first-order chi connectivity index (χ1) is 14.8. The van der Waals surface area contributed by atoms with Gasteiger partial charge in [0.1, 0.15) is 11.5 Å². The highest BCUT2D eigenvalue weighted by molar-refractivity contribution is 7.07. The zero-order chi connectivity index (χ0) is 20.8. The minimum Gasteiger partial charge on any atom is -0.497 e. The number of imidazole rings is 1. The SMILES string of the molecule is COc1ccc(-c2csc(=Nc3ccccc3)n2CCCn2ccnc2)c(OC)c1. The van der Waals surface area contributed by atoms with Gasteiger partial charge in [-0.15, -0.1) is 11.3 Å². The maximum absolute atomic E-state index is 5.66. The van der Waals surface area contributed by atoms with Gasteiger partial charge in [-0.05, 0) is 30.7 Å². The van der Waals surface area contributed by atoms with Crippen molar-refractivity contribution in [3.63, 3.8) is 0 Å². The van der Waals surface area contributed by atoms with E-state index in [9.17, 15) is 0 Å². The maximum Gasteiger partial charge on any atom is 0.190 e. The van der Waals surface area contributed by atoms with Crippen LogP contribution in [-0.4, -0.2) is 28.3 Å². The van der Waals surface area contributed by atoms with Crippen LogP contribution in [0, 0.1) is 0 Å². The first-order valence-electron chi connectivity index (χ1n) is 9.74. The third-order valence-corrected chi connectivity index (χ3v) is 5.68. The predicted octanol–water partition coefficient (Wildman–Crippen LogP) is 4.75. The molecule has 0 amide bonds. The van der Waals surface area contributed by atoms with Crippen molar-refractivity contribution in [2.24, 2.45) is 4.99 Å². The number of rotatable bonds is 8. The van der Waals surface area contributed by atoms with E-state index in [1.165, 1.54) is 0 Å². The number of nitrogens with zero attached hydrogens (tertiary/aromatic N) is 4. The smallest absolute Gasteiger partial charge is 0.190 e. The Labute approximate surface area is 179 Å². The van der Waals surface area contributed by atoms with Crippen LogP contribution in [0.3, 0.4) is 0 Å². The molecular weight excluding hydrogens is 396 g/mol. The summed E-state index contributed by atoms with van der Waals surface area (Å²) in [7, 11) is 3.34. The number of hydrogen-bond acceptors (Lipinski definition) is 5. The van der Waals surface area contributed by atoms with Crippen LogP contribution in [0.4, 0.5) is 5.69 Å². The molecule has 0 saturated heterocycles. The monoisotopic (exact) mass is 420 g/mol. The molecule has 0 aliphatic rings. The Hall–Kier alpha value is -3.32. The van der Waals surface area contributed by atoms with Gasteiger partial charge in [-0.3, -0.25) is 0 Å². The van der Waals surface area contributed by atoms with Gasteiger partial charge >= 0.3 is 0 Å². The summed E-state index contributed by atoms with van der Waals surface area (Å²) in [6.07, 6.45) is 6.60. The molecule has 2 aromatic carbocycles. The standard InChI is InChI=1S/C23H24N4O2S/c1-28-19-9-10-20(22(15-19)29-2)21-16-30-23(25-18-7-4-3-5-8-18)27(21)13-6-12-26-14-11-24-17-26/h3-5,7-11,14-17H,6,12-13H2,1-2H3. The Balaban J connectivity index is 1.74. The minimum absolute atomic E-state index is 0.770. The summed E-state index contributed by atoms with van der Waals surface area (Å²) in [5.41, 5.74) is 3.04. The molecule has 30 heavy (non-hydrogen) atoms. The van der Waals surface area contributed by atoms with Gasteiger partial charge in [-0.1, -0.05) is 18.2 Å². The molecule has 0 aliphatic carbocycles. The Morgan fingerprint density at radius 3 is 2.63 bits per heavy atom. The van der Waals surface area contributed by atoms with Crippen LogP contribution in [0.2, 0.25) is 0 Å². The normalized spacial score (nSPS) is 11.6. The highest BCUT2D eigenvalue weighted by Gasteiger charge is 2.14. The van der Waals surface area contributed by atoms with Crippen LogP contribution in [0.5, 0.6) is 11.5 Å². The third kappa shape index (κ3) is 4.46. The molecule has 0 N–H and O–H groups in total. The van der Waals surface area contributed by atoms with E-state index in [0.29, 0.717) is 0 Å². The van der Waals surface area contributed by atoms with Gasteiger partial charge in [0.2, 0.25) is 0 Å². The molecule has 0 fully saturated rings. The van der Waals surface area contributed by atoms with Crippen LogP contribution in [0.15, 0.2) is 77.6 Å². The van der Waals surface area contributed by atoms with Crippen LogP contribution in [0.25, 0.3) is 11.3 Å². The van der Waals surface area contributed by atoms with Crippen LogP contribution < -0.4 is 14.3 Å². The molecule has 0 saturated carbocycles. The van der Waals surface area contributed by atoms with Crippen molar-refractivity contribution in [2.45, 2.75) is 19.5 Å². The quantitative estimate of drug-likeness (QED) is 0.413. The topological polar surface area (TPSA) is 53.6 Å². The van der Waals surface area contributed by atoms with Gasteiger partial charge in [0, 0.05) is 42.5 Å². The Bertz CT molecular complexity index is 1150. The van der Waals surface area contributed by atoms with Gasteiger partial charge < -0.3 is 18.6 Å². The highest BCUT2D eigenvalue weighted by Crippen LogP contribution is 2.33. The minimum atomic E-state index is 0.770. The van der Waals surface area contributed by atoms with E-state index in [-0.39, 0.29) is 0 Å². The number of hydrogen-bond donors (Lipinski definition) is 0. The molecule has 4 rings (SSSR count). The Morgan fingerprint density at radius 1 is 1.03 bits per heavy atom. The first-order valence-corrected chi connectivity index (χ1v) is 10.6. The van der Waals surface area contributed by atoms with Crippen LogP contribution >= 0.6 is 11.3 Å². The number of thiazole rings is 1. The number of ether oxygens (including phenoxy) is 2. The van der Waals surface area contributed by atoms with Gasteiger partial charge in [0.05, 0.1) is 31.9 Å². The van der Waals surface area contributed by atoms with Crippen LogP contribution in [-0.2, 0) is 13.1 Å². The van der Waals surface area contributed by atoms with Gasteiger partial charge in [-0.25, -0.2) is 9.98 Å². The second kappa shape index (κ2) is 9.45. The maximum atomic E-state index is 5.66. The molecular formula is C23H24N4O2S. The molecule has 0 unspecified atom stereocenters. The van der Waals surface area contributed by atoms with E-state index in [0.717, 1.165) is 52.8 Å². The summed E-state index contributed by atoms with van der Waals surface area (Å²) >= 11 is 1.63. The lowest BCUT2D eigenvalue weighted by Crippen LogP contribution is -2.17. The van der Waals surface area contributed by atoms with Crippen molar-refractivity contribution in [3.8, 4) is 22.8 Å². The summed E-state index contributed by atoms with van der Waals surface area (Å²) in [6.45, 7) is 1.73. The molecule has 2 heterocycles. The molecule has 0 spiro atoms. The lowest BCUT2D eigenvalue weighted by molar-refractivity contribution is 0.395. The van der Waals surface area contributed by atoms with Gasteiger partial charge in [0.25, 0.3) is 0 Å². The summed E-state index contributed by atoms with van der Waals surface area (Å²) in [5.74, 6) is 1.55. The summed E-state index contributed by atoms with van der Waals surface area (Å²) in [5, 5.41) is 2.14. The van der Waals surface area contributed by atoms with Crippen molar-refractivity contribution < 1.29 is 9.47 Å². The zero-order valence-electron chi connectivity index (χ0n) is 17.1. The first kappa shape index (κ1) is 20.0. The van der Waals surface area contributed by atoms with E-state index in [2.05, 4.69) is 19.5 Å². The predicted molar refractivity (Wildman–Crippen MR) is 119 cm³/mol. The van der Waals surface area contributed by atoms with E-state index >= 15 is 0 Å². The molecule has 154 valence electrons. The molecule has 0 radical (unpaired) electrons. The molecule has 6 nitrogen and oxygen atoms in total. The summed E-state index contributed by atoms with van der Waals surface area (Å²) in [6, 6.07) is 16.0. The summed E-state index contributed by atoms with van der Waals surface area (Å²) in [4.78, 5) is 9.97. The third-order valence-electron chi connectivity index (χ3n) is 4.82. The molecule has 2 aromatic heterocycles. The fourth-order valence-electron chi connectivity index (χ4n) is 3.30. The molecule has 0 aliphatic heterocycles. The van der Waals surface area contributed by atoms with E-state index in [4.69, 9.17) is 14.5 Å². The fraction of sp³-hybridized carbons (Fsp3) is 0.217. The average Bonchev–Trinajstić information content (AvgIpc) is 3.44. The number of methoxy groups -OCH3 is 2. The second-order valence-corrected chi connectivity index (χ2v) is 7.56. The highest BCUT2D eigenvalue weighted by atomic mass is 32.1. The van der Waals surface area contributed by atoms with Crippen molar-refractivity contribution in [1.82, 2.24) is 14.1 Å². The molecule has 0 atom stereocenters. The molecule has 0 bridgehead atoms. The van der Waals surface area contributed by atoms with Gasteiger partial charge in [-0.2, -0.15) is 0 Å². The second-order valence-electron chi connectivity index (χ2n) is 6.72. The zero-order valence-corrected chi connectivity index (χ0v) is 17.9. The van der Waals surface area contributed by atoms with Crippen molar-refractivity contribution in [3.05, 3.63) is 77.4 Å². The Kier molecular flexibility index (Phi) is 6.29. The van der Waals surface area contributed by atoms with E-state index < -0.39 is 0 Å². The van der Waals surface area contributed by atoms with Crippen LogP contribution in [0.1, 0.15) is 6.42 Å².